The van der Waals surface area contributed by atoms with Crippen LogP contribution in [0.5, 0.6) is 0 Å². The summed E-state index contributed by atoms with van der Waals surface area (Å²) < 4.78 is 1.72. The van der Waals surface area contributed by atoms with Gasteiger partial charge in [-0.1, -0.05) is 29.5 Å². The molecule has 0 fully saturated rings. The first-order valence-electron chi connectivity index (χ1n) is 13.6. The van der Waals surface area contributed by atoms with Crippen LogP contribution >= 0.6 is 0 Å². The summed E-state index contributed by atoms with van der Waals surface area (Å²) >= 11 is 0. The summed E-state index contributed by atoms with van der Waals surface area (Å²) in [5.41, 5.74) is 4.43. The number of benzene rings is 1. The van der Waals surface area contributed by atoms with E-state index < -0.39 is 18.8 Å². The smallest absolute Gasteiger partial charge is 0.226 e. The van der Waals surface area contributed by atoms with Gasteiger partial charge in [-0.15, -0.1) is 5.10 Å². The first-order valence-corrected chi connectivity index (χ1v) is 13.6. The topological polar surface area (TPSA) is 141 Å². The maximum Gasteiger partial charge on any atom is 0.226 e. The number of pyridine rings is 2. The molecule has 0 spiro atoms. The van der Waals surface area contributed by atoms with Gasteiger partial charge in [-0.3, -0.25) is 19.7 Å². The minimum Gasteiger partial charge on any atom is -0.394 e. The summed E-state index contributed by atoms with van der Waals surface area (Å²) in [7, 11) is 1.69. The molecule has 2 atom stereocenters. The highest BCUT2D eigenvalue weighted by Crippen LogP contribution is 2.14. The van der Waals surface area contributed by atoms with Gasteiger partial charge in [-0.25, -0.2) is 4.68 Å². The van der Waals surface area contributed by atoms with E-state index in [0.29, 0.717) is 32.6 Å². The summed E-state index contributed by atoms with van der Waals surface area (Å²) in [6, 6.07) is 19.3. The molecule has 1 amide bonds. The fourth-order valence-corrected chi connectivity index (χ4v) is 4.39. The Hall–Kier alpha value is -4.03. The number of hydrogen-bond donors (Lipinski definition) is 3. The number of aromatic nitrogens is 5. The van der Waals surface area contributed by atoms with E-state index in [4.69, 9.17) is 5.11 Å². The van der Waals surface area contributed by atoms with E-state index in [0.717, 1.165) is 28.3 Å². The van der Waals surface area contributed by atoms with Gasteiger partial charge in [-0.2, -0.15) is 0 Å². The SMILES string of the molecule is CN(CC[C@@H](O)C[C@H](O)CO)C(=O)Cc1ccc(-n2cc(CN(Cc3ccccn3)Cc3ccccn3)nn2)cc1. The van der Waals surface area contributed by atoms with Crippen LogP contribution in [-0.4, -0.2) is 88.4 Å². The molecule has 1 aromatic carbocycles. The van der Waals surface area contributed by atoms with Crippen LogP contribution in [0, 0.1) is 0 Å². The van der Waals surface area contributed by atoms with Crippen molar-refractivity contribution in [2.75, 3.05) is 20.2 Å². The number of carbonyl (C=O) groups is 1. The summed E-state index contributed by atoms with van der Waals surface area (Å²) in [6.07, 6.45) is 4.37. The molecule has 4 aromatic rings. The van der Waals surface area contributed by atoms with Crippen LogP contribution in [0.4, 0.5) is 0 Å². The third-order valence-corrected chi connectivity index (χ3v) is 6.68. The first kappa shape index (κ1) is 29.9. The molecule has 0 saturated heterocycles. The number of rotatable bonds is 15. The lowest BCUT2D eigenvalue weighted by Gasteiger charge is -2.20. The van der Waals surface area contributed by atoms with Crippen molar-refractivity contribution >= 4 is 5.91 Å². The maximum absolute atomic E-state index is 12.6. The van der Waals surface area contributed by atoms with Crippen LogP contribution < -0.4 is 0 Å². The van der Waals surface area contributed by atoms with Crippen molar-refractivity contribution < 1.29 is 20.1 Å². The van der Waals surface area contributed by atoms with Crippen LogP contribution in [0.25, 0.3) is 5.69 Å². The van der Waals surface area contributed by atoms with Crippen molar-refractivity contribution in [1.82, 2.24) is 34.8 Å². The van der Waals surface area contributed by atoms with E-state index in [2.05, 4.69) is 25.2 Å². The van der Waals surface area contributed by atoms with Crippen LogP contribution in [0.2, 0.25) is 0 Å². The first-order chi connectivity index (χ1) is 19.9. The highest BCUT2D eigenvalue weighted by Gasteiger charge is 2.16. The summed E-state index contributed by atoms with van der Waals surface area (Å²) in [4.78, 5) is 25.4. The second-order valence-corrected chi connectivity index (χ2v) is 10.1. The predicted octanol–water partition coefficient (Wildman–Crippen LogP) is 1.75. The molecule has 41 heavy (non-hydrogen) atoms. The zero-order valence-electron chi connectivity index (χ0n) is 23.2. The van der Waals surface area contributed by atoms with Gasteiger partial charge in [0.15, 0.2) is 0 Å². The average molecular weight is 560 g/mol. The molecule has 3 N–H and O–H groups in total. The molecule has 0 radical (unpaired) electrons. The average Bonchev–Trinajstić information content (AvgIpc) is 3.45. The number of amides is 1. The van der Waals surface area contributed by atoms with Crippen molar-refractivity contribution in [3.8, 4) is 5.69 Å². The highest BCUT2D eigenvalue weighted by atomic mass is 16.3. The van der Waals surface area contributed by atoms with Gasteiger partial charge in [0.25, 0.3) is 0 Å². The second-order valence-electron chi connectivity index (χ2n) is 10.1. The molecule has 3 heterocycles. The normalized spacial score (nSPS) is 12.8. The van der Waals surface area contributed by atoms with E-state index in [-0.39, 0.29) is 18.7 Å². The van der Waals surface area contributed by atoms with E-state index in [1.165, 1.54) is 0 Å². The van der Waals surface area contributed by atoms with Crippen molar-refractivity contribution in [3.63, 3.8) is 0 Å². The third-order valence-electron chi connectivity index (χ3n) is 6.68. The van der Waals surface area contributed by atoms with Gasteiger partial charge in [-0.05, 0) is 48.4 Å². The zero-order valence-corrected chi connectivity index (χ0v) is 23.2. The lowest BCUT2D eigenvalue weighted by Crippen LogP contribution is -2.32. The van der Waals surface area contributed by atoms with Crippen molar-refractivity contribution in [3.05, 3.63) is 102 Å². The number of nitrogens with zero attached hydrogens (tertiary/aromatic N) is 7. The fraction of sp³-hybridized carbons (Fsp3) is 0.367. The predicted molar refractivity (Wildman–Crippen MR) is 152 cm³/mol. The van der Waals surface area contributed by atoms with Crippen molar-refractivity contribution in [2.24, 2.45) is 0 Å². The Kier molecular flexibility index (Phi) is 11.0. The Morgan fingerprint density at radius 2 is 1.51 bits per heavy atom. The Bertz CT molecular complexity index is 1290. The van der Waals surface area contributed by atoms with Crippen LogP contribution in [0.1, 0.15) is 35.5 Å². The molecule has 216 valence electrons. The number of aliphatic hydroxyl groups is 3. The number of carbonyl (C=O) groups excluding carboxylic acids is 1. The molecule has 11 heteroatoms. The fourth-order valence-electron chi connectivity index (χ4n) is 4.39. The van der Waals surface area contributed by atoms with Gasteiger partial charge in [0.05, 0.1) is 54.2 Å². The lowest BCUT2D eigenvalue weighted by atomic mass is 10.1. The monoisotopic (exact) mass is 559 g/mol. The van der Waals surface area contributed by atoms with Crippen LogP contribution in [-0.2, 0) is 30.8 Å². The van der Waals surface area contributed by atoms with E-state index in [1.54, 1.807) is 29.0 Å². The van der Waals surface area contributed by atoms with Crippen LogP contribution in [0.15, 0.2) is 79.3 Å². The number of likely N-dealkylation sites (N-methyl/N-ethyl adjacent to an activating group) is 1. The molecule has 0 saturated carbocycles. The van der Waals surface area contributed by atoms with E-state index >= 15 is 0 Å². The molecule has 0 unspecified atom stereocenters. The summed E-state index contributed by atoms with van der Waals surface area (Å²) in [6.45, 7) is 1.82. The Morgan fingerprint density at radius 1 is 0.878 bits per heavy atom. The summed E-state index contributed by atoms with van der Waals surface area (Å²) in [5.74, 6) is -0.0726. The number of hydrogen-bond acceptors (Lipinski definition) is 9. The lowest BCUT2D eigenvalue weighted by molar-refractivity contribution is -0.129. The molecule has 0 aliphatic heterocycles. The quantitative estimate of drug-likeness (QED) is 0.199. The Balaban J connectivity index is 1.33. The van der Waals surface area contributed by atoms with E-state index in [9.17, 15) is 15.0 Å². The zero-order chi connectivity index (χ0) is 29.0. The maximum atomic E-state index is 12.6. The minimum absolute atomic E-state index is 0.0726. The van der Waals surface area contributed by atoms with Crippen LogP contribution in [0.3, 0.4) is 0 Å². The van der Waals surface area contributed by atoms with Crippen molar-refractivity contribution in [1.29, 1.82) is 0 Å². The van der Waals surface area contributed by atoms with Gasteiger partial charge in [0.2, 0.25) is 5.91 Å². The van der Waals surface area contributed by atoms with Gasteiger partial charge >= 0.3 is 0 Å². The number of aliphatic hydroxyl groups excluding tert-OH is 3. The minimum atomic E-state index is -0.956. The Morgan fingerprint density at radius 3 is 2.10 bits per heavy atom. The molecule has 3 aromatic heterocycles. The Labute approximate surface area is 239 Å². The molecular weight excluding hydrogens is 522 g/mol. The largest absolute Gasteiger partial charge is 0.394 e. The molecule has 11 nitrogen and oxygen atoms in total. The highest BCUT2D eigenvalue weighted by molar-refractivity contribution is 5.78. The third kappa shape index (κ3) is 9.54. The van der Waals surface area contributed by atoms with Gasteiger partial charge in [0.1, 0.15) is 0 Å². The molecule has 4 rings (SSSR count). The standard InChI is InChI=1S/C30H37N7O4/c1-35(15-12-28(39)17-29(40)22-38)30(41)16-23-8-10-27(11-9-23)37-21-26(33-34-37)20-36(18-24-6-2-4-13-31-24)19-25-7-3-5-14-32-25/h2-11,13-14,21,28-29,38-40H,12,15-20,22H2,1H3/t28-,29+/m1/s1. The molecule has 0 bridgehead atoms. The van der Waals surface area contributed by atoms with E-state index in [1.807, 2.05) is 66.9 Å². The second kappa shape index (κ2) is 15.1. The summed E-state index contributed by atoms with van der Waals surface area (Å²) in [5, 5.41) is 37.0. The molecule has 0 aliphatic rings. The molecule has 0 aliphatic carbocycles. The van der Waals surface area contributed by atoms with Gasteiger partial charge < -0.3 is 20.2 Å². The van der Waals surface area contributed by atoms with Crippen molar-refractivity contribution in [2.45, 2.75) is 51.1 Å². The molecular formula is C30H37N7O4. The van der Waals surface area contributed by atoms with Gasteiger partial charge in [0, 0.05) is 52.0 Å².